The first-order valence-electron chi connectivity index (χ1n) is 4.55. The van der Waals surface area contributed by atoms with Crippen molar-refractivity contribution in [1.29, 1.82) is 0 Å². The largest absolute Gasteiger partial charge is 0.393 e. The highest BCUT2D eigenvalue weighted by Crippen LogP contribution is 2.31. The van der Waals surface area contributed by atoms with E-state index in [1.54, 1.807) is 18.3 Å². The van der Waals surface area contributed by atoms with Gasteiger partial charge in [0.25, 0.3) is 5.69 Å². The third-order valence-electron chi connectivity index (χ3n) is 2.29. The van der Waals surface area contributed by atoms with Gasteiger partial charge in [-0.2, -0.15) is 0 Å². The molecule has 2 rings (SSSR count). The zero-order valence-corrected chi connectivity index (χ0v) is 9.32. The average Bonchev–Trinajstić information content (AvgIpc) is 2.65. The Kier molecular flexibility index (Phi) is 2.57. The van der Waals surface area contributed by atoms with E-state index in [1.807, 2.05) is 6.92 Å². The quantitative estimate of drug-likeness (QED) is 0.492. The van der Waals surface area contributed by atoms with Gasteiger partial charge in [0.15, 0.2) is 0 Å². The number of hydrogen-bond donors (Lipinski definition) is 1. The van der Waals surface area contributed by atoms with E-state index in [1.165, 1.54) is 17.6 Å². The Morgan fingerprint density at radius 2 is 2.25 bits per heavy atom. The topological polar surface area (TPSA) is 82.0 Å². The number of nitro benzene ring substituents is 1. The third-order valence-corrected chi connectivity index (χ3v) is 2.99. The molecule has 1 aromatic heterocycles. The molecule has 1 heterocycles. The zero-order chi connectivity index (χ0) is 11.7. The van der Waals surface area contributed by atoms with Gasteiger partial charge < -0.3 is 5.73 Å². The number of nitrogens with two attached hydrogens (primary N) is 1. The second-order valence-corrected chi connectivity index (χ2v) is 4.33. The smallest absolute Gasteiger partial charge is 0.292 e. The van der Waals surface area contributed by atoms with Gasteiger partial charge in [-0.05, 0) is 30.1 Å². The molecule has 0 saturated carbocycles. The number of hydrogen-bond acceptors (Lipinski definition) is 5. The number of nitrogens with zero attached hydrogens (tertiary/aromatic N) is 2. The maximum Gasteiger partial charge on any atom is 0.292 e. The molecule has 0 atom stereocenters. The van der Waals surface area contributed by atoms with Crippen LogP contribution in [0.3, 0.4) is 0 Å². The van der Waals surface area contributed by atoms with Crippen molar-refractivity contribution in [3.05, 3.63) is 39.4 Å². The van der Waals surface area contributed by atoms with E-state index in [-0.39, 0.29) is 11.4 Å². The molecular formula is C10H9N3O2S. The molecule has 5 nitrogen and oxygen atoms in total. The maximum absolute atomic E-state index is 10.7. The predicted octanol–water partition coefficient (Wildman–Crippen LogP) is 2.61. The van der Waals surface area contributed by atoms with E-state index in [0.717, 1.165) is 16.0 Å². The molecule has 6 heteroatoms. The summed E-state index contributed by atoms with van der Waals surface area (Å²) in [6.07, 6.45) is 1.70. The molecule has 0 radical (unpaired) electrons. The number of anilines is 1. The summed E-state index contributed by atoms with van der Waals surface area (Å²) in [7, 11) is 0. The summed E-state index contributed by atoms with van der Waals surface area (Å²) in [5, 5.41) is 10.7. The fourth-order valence-electron chi connectivity index (χ4n) is 1.45. The van der Waals surface area contributed by atoms with Crippen molar-refractivity contribution in [3.63, 3.8) is 0 Å². The van der Waals surface area contributed by atoms with Crippen molar-refractivity contribution in [2.24, 2.45) is 0 Å². The normalized spacial score (nSPS) is 10.3. The Morgan fingerprint density at radius 1 is 1.50 bits per heavy atom. The van der Waals surface area contributed by atoms with E-state index in [2.05, 4.69) is 4.37 Å². The monoisotopic (exact) mass is 235 g/mol. The molecule has 0 spiro atoms. The summed E-state index contributed by atoms with van der Waals surface area (Å²) >= 11 is 1.37. The summed E-state index contributed by atoms with van der Waals surface area (Å²) in [6, 6.07) is 4.79. The molecule has 0 amide bonds. The van der Waals surface area contributed by atoms with Crippen LogP contribution in [-0.4, -0.2) is 9.30 Å². The average molecular weight is 235 g/mol. The van der Waals surface area contributed by atoms with Gasteiger partial charge in [-0.3, -0.25) is 10.1 Å². The number of nitro groups is 1. The van der Waals surface area contributed by atoms with Crippen LogP contribution in [-0.2, 0) is 0 Å². The molecule has 0 unspecified atom stereocenters. The lowest BCUT2D eigenvalue weighted by atomic mass is 10.1. The summed E-state index contributed by atoms with van der Waals surface area (Å²) < 4.78 is 4.04. The molecule has 0 fully saturated rings. The standard InChI is InChI=1S/C10H9N3O2S/c1-6-8(5-12-16-6)7-2-3-9(11)10(4-7)13(14)15/h2-5H,11H2,1H3. The van der Waals surface area contributed by atoms with Gasteiger partial charge in [-0.15, -0.1) is 0 Å². The van der Waals surface area contributed by atoms with Gasteiger partial charge in [0, 0.05) is 22.7 Å². The van der Waals surface area contributed by atoms with E-state index < -0.39 is 4.92 Å². The highest BCUT2D eigenvalue weighted by molar-refractivity contribution is 7.06. The minimum absolute atomic E-state index is 0.0666. The highest BCUT2D eigenvalue weighted by atomic mass is 32.1. The Balaban J connectivity index is 2.56. The second kappa shape index (κ2) is 3.90. The van der Waals surface area contributed by atoms with Crippen LogP contribution < -0.4 is 5.73 Å². The van der Waals surface area contributed by atoms with E-state index in [4.69, 9.17) is 5.73 Å². The Hall–Kier alpha value is -1.95. The van der Waals surface area contributed by atoms with Crippen LogP contribution in [0.2, 0.25) is 0 Å². The van der Waals surface area contributed by atoms with Gasteiger partial charge >= 0.3 is 0 Å². The molecule has 16 heavy (non-hydrogen) atoms. The molecular weight excluding hydrogens is 226 g/mol. The van der Waals surface area contributed by atoms with Crippen molar-refractivity contribution in [1.82, 2.24) is 4.37 Å². The van der Waals surface area contributed by atoms with E-state index in [9.17, 15) is 10.1 Å². The maximum atomic E-state index is 10.7. The minimum Gasteiger partial charge on any atom is -0.393 e. The fraction of sp³-hybridized carbons (Fsp3) is 0.100. The van der Waals surface area contributed by atoms with Crippen LogP contribution in [0.1, 0.15) is 4.88 Å². The fourth-order valence-corrected chi connectivity index (χ4v) is 2.03. The molecule has 0 bridgehead atoms. The Bertz CT molecular complexity index is 551. The number of nitrogen functional groups attached to an aromatic ring is 1. The second-order valence-electron chi connectivity index (χ2n) is 3.33. The molecule has 0 aliphatic rings. The van der Waals surface area contributed by atoms with Gasteiger partial charge in [0.2, 0.25) is 0 Å². The van der Waals surface area contributed by atoms with E-state index in [0.29, 0.717) is 0 Å². The Morgan fingerprint density at radius 3 is 2.81 bits per heavy atom. The number of benzene rings is 1. The van der Waals surface area contributed by atoms with Gasteiger partial charge in [-0.25, -0.2) is 4.37 Å². The molecule has 0 aliphatic heterocycles. The first-order chi connectivity index (χ1) is 7.59. The molecule has 0 saturated heterocycles. The summed E-state index contributed by atoms with van der Waals surface area (Å²) in [5.74, 6) is 0. The Labute approximate surface area is 95.8 Å². The van der Waals surface area contributed by atoms with Crippen LogP contribution in [0, 0.1) is 17.0 Å². The van der Waals surface area contributed by atoms with Crippen molar-refractivity contribution >= 4 is 22.9 Å². The lowest BCUT2D eigenvalue weighted by Gasteiger charge is -2.01. The summed E-state index contributed by atoms with van der Waals surface area (Å²) in [6.45, 7) is 1.93. The third kappa shape index (κ3) is 1.74. The van der Waals surface area contributed by atoms with E-state index >= 15 is 0 Å². The lowest BCUT2D eigenvalue weighted by Crippen LogP contribution is -1.95. The molecule has 2 aromatic rings. The number of aryl methyl sites for hydroxylation is 1. The molecule has 82 valence electrons. The van der Waals surface area contributed by atoms with Crippen molar-refractivity contribution in [2.75, 3.05) is 5.73 Å². The van der Waals surface area contributed by atoms with Crippen LogP contribution in [0.25, 0.3) is 11.1 Å². The molecule has 2 N–H and O–H groups in total. The van der Waals surface area contributed by atoms with Crippen LogP contribution in [0.15, 0.2) is 24.4 Å². The van der Waals surface area contributed by atoms with Gasteiger partial charge in [0.05, 0.1) is 4.92 Å². The zero-order valence-electron chi connectivity index (χ0n) is 8.51. The lowest BCUT2D eigenvalue weighted by molar-refractivity contribution is -0.383. The first-order valence-corrected chi connectivity index (χ1v) is 5.32. The van der Waals surface area contributed by atoms with Crippen LogP contribution >= 0.6 is 11.5 Å². The van der Waals surface area contributed by atoms with Gasteiger partial charge in [0.1, 0.15) is 5.69 Å². The molecule has 1 aromatic carbocycles. The van der Waals surface area contributed by atoms with Crippen LogP contribution in [0.4, 0.5) is 11.4 Å². The highest BCUT2D eigenvalue weighted by Gasteiger charge is 2.14. The van der Waals surface area contributed by atoms with Crippen molar-refractivity contribution in [2.45, 2.75) is 6.92 Å². The van der Waals surface area contributed by atoms with Gasteiger partial charge in [-0.1, -0.05) is 6.07 Å². The predicted molar refractivity (Wildman–Crippen MR) is 63.4 cm³/mol. The van der Waals surface area contributed by atoms with Crippen LogP contribution in [0.5, 0.6) is 0 Å². The SMILES string of the molecule is Cc1sncc1-c1ccc(N)c([N+](=O)[O-])c1. The summed E-state index contributed by atoms with van der Waals surface area (Å²) in [5.41, 5.74) is 7.32. The molecule has 0 aliphatic carbocycles. The minimum atomic E-state index is -0.478. The number of rotatable bonds is 2. The first kappa shape index (κ1) is 10.6. The van der Waals surface area contributed by atoms with Crippen molar-refractivity contribution < 1.29 is 4.92 Å². The summed E-state index contributed by atoms with van der Waals surface area (Å²) in [4.78, 5) is 11.3. The number of aromatic nitrogens is 1. The van der Waals surface area contributed by atoms with Crippen molar-refractivity contribution in [3.8, 4) is 11.1 Å².